The minimum Gasteiger partial charge on any atom is -0.489 e. The number of hydrogen-bond acceptors (Lipinski definition) is 3. The molecule has 0 aliphatic heterocycles. The molecule has 0 aliphatic carbocycles. The van der Waals surface area contributed by atoms with E-state index in [0.29, 0.717) is 30.4 Å². The molecule has 0 fully saturated rings. The van der Waals surface area contributed by atoms with Gasteiger partial charge in [0, 0.05) is 26.4 Å². The van der Waals surface area contributed by atoms with Gasteiger partial charge < -0.3 is 15.0 Å². The van der Waals surface area contributed by atoms with Gasteiger partial charge >= 0.3 is 0 Å². The van der Waals surface area contributed by atoms with E-state index in [2.05, 4.69) is 19.2 Å². The molecule has 0 unspecified atom stereocenters. The maximum Gasteiger partial charge on any atom is 0.226 e. The lowest BCUT2D eigenvalue weighted by Crippen LogP contribution is -2.34. The number of nitrogens with one attached hydrogen (secondary N) is 1. The van der Waals surface area contributed by atoms with E-state index < -0.39 is 0 Å². The fourth-order valence-corrected chi connectivity index (χ4v) is 2.19. The molecule has 0 spiro atoms. The zero-order valence-corrected chi connectivity index (χ0v) is 14.8. The van der Waals surface area contributed by atoms with Gasteiger partial charge in [0.05, 0.1) is 11.8 Å². The van der Waals surface area contributed by atoms with E-state index in [9.17, 15) is 9.59 Å². The van der Waals surface area contributed by atoms with Crippen LogP contribution in [-0.2, 0) is 9.59 Å². The molecule has 1 rings (SSSR count). The summed E-state index contributed by atoms with van der Waals surface area (Å²) in [5.41, 5.74) is 0.657. The van der Waals surface area contributed by atoms with E-state index in [1.165, 1.54) is 6.92 Å². The van der Waals surface area contributed by atoms with Crippen LogP contribution in [0.4, 0.5) is 5.69 Å². The summed E-state index contributed by atoms with van der Waals surface area (Å²) in [5, 5.41) is 2.86. The highest BCUT2D eigenvalue weighted by atomic mass is 16.5. The van der Waals surface area contributed by atoms with E-state index in [1.54, 1.807) is 4.90 Å². The van der Waals surface area contributed by atoms with Crippen LogP contribution < -0.4 is 10.1 Å². The number of anilines is 1. The Bertz CT molecular complexity index is 527. The number of benzene rings is 1. The average Bonchev–Trinajstić information content (AvgIpc) is 2.44. The summed E-state index contributed by atoms with van der Waals surface area (Å²) >= 11 is 0. The van der Waals surface area contributed by atoms with Crippen LogP contribution >= 0.6 is 0 Å². The monoisotopic (exact) mass is 320 g/mol. The predicted octanol–water partition coefficient (Wildman–Crippen LogP) is 3.31. The second-order valence-corrected chi connectivity index (χ2v) is 6.32. The smallest absolute Gasteiger partial charge is 0.226 e. The average molecular weight is 320 g/mol. The molecule has 0 aromatic heterocycles. The lowest BCUT2D eigenvalue weighted by atomic mass is 10.2. The van der Waals surface area contributed by atoms with Gasteiger partial charge in [0.2, 0.25) is 11.8 Å². The lowest BCUT2D eigenvalue weighted by Gasteiger charge is -2.23. The summed E-state index contributed by atoms with van der Waals surface area (Å²) in [7, 11) is 0. The van der Waals surface area contributed by atoms with Gasteiger partial charge in [-0.25, -0.2) is 0 Å². The Morgan fingerprint density at radius 1 is 1.17 bits per heavy atom. The minimum atomic E-state index is -0.125. The fourth-order valence-electron chi connectivity index (χ4n) is 2.19. The topological polar surface area (TPSA) is 58.6 Å². The molecule has 5 nitrogen and oxygen atoms in total. The van der Waals surface area contributed by atoms with Crippen LogP contribution in [0.1, 0.15) is 41.0 Å². The number of carbonyl (C=O) groups excluding carboxylic acids is 2. The Kier molecular flexibility index (Phi) is 7.59. The molecule has 23 heavy (non-hydrogen) atoms. The fraction of sp³-hybridized carbons (Fsp3) is 0.556. The van der Waals surface area contributed by atoms with Crippen molar-refractivity contribution in [2.75, 3.05) is 18.4 Å². The second-order valence-electron chi connectivity index (χ2n) is 6.32. The quantitative estimate of drug-likeness (QED) is 0.799. The van der Waals surface area contributed by atoms with Crippen LogP contribution in [0.15, 0.2) is 24.3 Å². The van der Waals surface area contributed by atoms with Crippen molar-refractivity contribution in [3.05, 3.63) is 24.3 Å². The molecule has 1 aromatic rings. The van der Waals surface area contributed by atoms with E-state index in [0.717, 1.165) is 0 Å². The second kappa shape index (κ2) is 9.18. The first-order chi connectivity index (χ1) is 10.8. The maximum atomic E-state index is 12.2. The van der Waals surface area contributed by atoms with Gasteiger partial charge in [-0.2, -0.15) is 0 Å². The summed E-state index contributed by atoms with van der Waals surface area (Å²) in [5.74, 6) is 0.901. The summed E-state index contributed by atoms with van der Waals surface area (Å²) in [6.07, 6.45) is 0.301. The number of hydrogen-bond donors (Lipinski definition) is 1. The highest BCUT2D eigenvalue weighted by Gasteiger charge is 2.14. The molecule has 1 aromatic carbocycles. The van der Waals surface area contributed by atoms with E-state index >= 15 is 0 Å². The van der Waals surface area contributed by atoms with Crippen molar-refractivity contribution < 1.29 is 14.3 Å². The molecule has 0 radical (unpaired) electrons. The molecule has 0 saturated carbocycles. The number of nitrogens with zero attached hydrogens (tertiary/aromatic N) is 1. The van der Waals surface area contributed by atoms with Crippen LogP contribution in [0.2, 0.25) is 0 Å². The first kappa shape index (κ1) is 19.0. The zero-order valence-electron chi connectivity index (χ0n) is 14.8. The van der Waals surface area contributed by atoms with E-state index in [1.807, 2.05) is 38.1 Å². The third kappa shape index (κ3) is 7.17. The van der Waals surface area contributed by atoms with Crippen LogP contribution in [0.25, 0.3) is 0 Å². The summed E-state index contributed by atoms with van der Waals surface area (Å²) in [6.45, 7) is 10.6. The van der Waals surface area contributed by atoms with E-state index in [4.69, 9.17) is 4.74 Å². The van der Waals surface area contributed by atoms with Gasteiger partial charge in [-0.05, 0) is 31.9 Å². The predicted molar refractivity (Wildman–Crippen MR) is 92.5 cm³/mol. The molecule has 0 bridgehead atoms. The number of carbonyl (C=O) groups is 2. The SMILES string of the molecule is CC(=O)N(CCC(=O)Nc1ccccc1OC(C)C)CC(C)C. The highest BCUT2D eigenvalue weighted by Crippen LogP contribution is 2.24. The molecular formula is C18H28N2O3. The first-order valence-electron chi connectivity index (χ1n) is 8.10. The minimum absolute atomic E-state index is 0.00459. The maximum absolute atomic E-state index is 12.2. The molecule has 5 heteroatoms. The van der Waals surface area contributed by atoms with Gasteiger partial charge in [0.25, 0.3) is 0 Å². The molecule has 2 amide bonds. The van der Waals surface area contributed by atoms with Crippen molar-refractivity contribution in [3.8, 4) is 5.75 Å². The zero-order chi connectivity index (χ0) is 17.4. The Balaban J connectivity index is 2.61. The normalized spacial score (nSPS) is 10.7. The number of para-hydroxylation sites is 2. The van der Waals surface area contributed by atoms with Crippen LogP contribution in [0, 0.1) is 5.92 Å². The number of rotatable bonds is 8. The molecule has 0 saturated heterocycles. The van der Waals surface area contributed by atoms with Crippen molar-refractivity contribution in [1.82, 2.24) is 4.90 Å². The standard InChI is InChI=1S/C18H28N2O3/c1-13(2)12-20(15(5)21)11-10-18(22)19-16-8-6-7-9-17(16)23-14(3)4/h6-9,13-14H,10-12H2,1-5H3,(H,19,22). The molecule has 0 heterocycles. The third-order valence-corrected chi connectivity index (χ3v) is 3.16. The number of ether oxygens (including phenoxy) is 1. The largest absolute Gasteiger partial charge is 0.489 e. The summed E-state index contributed by atoms with van der Waals surface area (Å²) < 4.78 is 5.68. The molecule has 0 aliphatic rings. The van der Waals surface area contributed by atoms with Crippen molar-refractivity contribution in [3.63, 3.8) is 0 Å². The molecule has 1 N–H and O–H groups in total. The molecule has 0 atom stereocenters. The Morgan fingerprint density at radius 3 is 2.39 bits per heavy atom. The van der Waals surface area contributed by atoms with E-state index in [-0.39, 0.29) is 24.3 Å². The number of amides is 2. The van der Waals surface area contributed by atoms with Crippen molar-refractivity contribution in [1.29, 1.82) is 0 Å². The van der Waals surface area contributed by atoms with Crippen LogP contribution in [0.3, 0.4) is 0 Å². The van der Waals surface area contributed by atoms with Crippen LogP contribution in [-0.4, -0.2) is 35.9 Å². The van der Waals surface area contributed by atoms with Gasteiger partial charge in [0.1, 0.15) is 5.75 Å². The van der Waals surface area contributed by atoms with Crippen molar-refractivity contribution in [2.24, 2.45) is 5.92 Å². The molecule has 128 valence electrons. The lowest BCUT2D eigenvalue weighted by molar-refractivity contribution is -0.129. The Labute approximate surface area is 139 Å². The summed E-state index contributed by atoms with van der Waals surface area (Å²) in [6, 6.07) is 7.36. The first-order valence-corrected chi connectivity index (χ1v) is 8.10. The van der Waals surface area contributed by atoms with Gasteiger partial charge in [-0.15, -0.1) is 0 Å². The van der Waals surface area contributed by atoms with Gasteiger partial charge in [-0.3, -0.25) is 9.59 Å². The third-order valence-electron chi connectivity index (χ3n) is 3.16. The summed E-state index contributed by atoms with van der Waals surface area (Å²) in [4.78, 5) is 25.5. The Morgan fingerprint density at radius 2 is 1.83 bits per heavy atom. The highest BCUT2D eigenvalue weighted by molar-refractivity contribution is 5.92. The van der Waals surface area contributed by atoms with Gasteiger partial charge in [0.15, 0.2) is 0 Å². The molecular weight excluding hydrogens is 292 g/mol. The van der Waals surface area contributed by atoms with Crippen molar-refractivity contribution in [2.45, 2.75) is 47.1 Å². The van der Waals surface area contributed by atoms with Crippen LogP contribution in [0.5, 0.6) is 5.75 Å². The van der Waals surface area contributed by atoms with Crippen molar-refractivity contribution >= 4 is 17.5 Å². The van der Waals surface area contributed by atoms with Gasteiger partial charge in [-0.1, -0.05) is 26.0 Å². The Hall–Kier alpha value is -2.04.